The van der Waals surface area contributed by atoms with Gasteiger partial charge in [-0.1, -0.05) is 51.9 Å². The van der Waals surface area contributed by atoms with Gasteiger partial charge in [0.2, 0.25) is 0 Å². The van der Waals surface area contributed by atoms with Crippen LogP contribution in [0.4, 0.5) is 0 Å². The molecule has 0 aliphatic carbocycles. The topological polar surface area (TPSA) is 33.6 Å². The molecule has 1 N–H and O–H groups in total. The molecule has 2 heterocycles. The van der Waals surface area contributed by atoms with Crippen molar-refractivity contribution < 1.29 is 0 Å². The highest BCUT2D eigenvalue weighted by Gasteiger charge is 2.04. The molecule has 110 valence electrons. The summed E-state index contributed by atoms with van der Waals surface area (Å²) in [6.45, 7) is 3.24. The predicted molar refractivity (Wildman–Crippen MR) is 87.5 cm³/mol. The van der Waals surface area contributed by atoms with Gasteiger partial charge in [0, 0.05) is 12.7 Å². The summed E-state index contributed by atoms with van der Waals surface area (Å²) in [4.78, 5) is 7.63. The maximum absolute atomic E-state index is 5.37. The Kier molecular flexibility index (Phi) is 6.25. The highest BCUT2D eigenvalue weighted by atomic mass is 32.1. The van der Waals surface area contributed by atoms with Crippen molar-refractivity contribution in [1.82, 2.24) is 14.5 Å². The summed E-state index contributed by atoms with van der Waals surface area (Å²) in [5.41, 5.74) is 2.03. The zero-order chi connectivity index (χ0) is 14.2. The molecule has 0 saturated carbocycles. The smallest absolute Gasteiger partial charge is 0.179 e. The molecule has 0 bridgehead atoms. The summed E-state index contributed by atoms with van der Waals surface area (Å²) in [5, 5.41) is 0. The third-order valence-corrected chi connectivity index (χ3v) is 4.09. The number of imidazole rings is 1. The lowest BCUT2D eigenvalue weighted by atomic mass is 10.1. The number of rotatable bonds is 9. The van der Waals surface area contributed by atoms with Crippen LogP contribution in [0, 0.1) is 4.77 Å². The van der Waals surface area contributed by atoms with Crippen LogP contribution in [-0.2, 0) is 6.54 Å². The number of pyridine rings is 1. The van der Waals surface area contributed by atoms with Crippen LogP contribution in [0.25, 0.3) is 11.2 Å². The second-order valence-electron chi connectivity index (χ2n) is 5.43. The second-order valence-corrected chi connectivity index (χ2v) is 5.82. The molecule has 0 aromatic carbocycles. The summed E-state index contributed by atoms with van der Waals surface area (Å²) < 4.78 is 2.92. The van der Waals surface area contributed by atoms with E-state index in [4.69, 9.17) is 12.2 Å². The molecule has 0 saturated heterocycles. The van der Waals surface area contributed by atoms with E-state index in [9.17, 15) is 0 Å². The minimum Gasteiger partial charge on any atom is -0.329 e. The standard InChI is InChI=1S/C16H25N3S/c1-2-3-4-5-6-7-8-9-13-19-15-14(18-16(19)20)11-10-12-17-15/h10-12H,2-9,13H2,1H3,(H,18,20). The van der Waals surface area contributed by atoms with Gasteiger partial charge < -0.3 is 9.55 Å². The summed E-state index contributed by atoms with van der Waals surface area (Å²) in [7, 11) is 0. The third-order valence-electron chi connectivity index (χ3n) is 3.76. The van der Waals surface area contributed by atoms with Crippen LogP contribution in [0.2, 0.25) is 0 Å². The highest BCUT2D eigenvalue weighted by Crippen LogP contribution is 2.13. The average Bonchev–Trinajstić information content (AvgIpc) is 2.78. The Morgan fingerprint density at radius 1 is 1.10 bits per heavy atom. The fourth-order valence-electron chi connectivity index (χ4n) is 2.60. The normalized spacial score (nSPS) is 11.2. The van der Waals surface area contributed by atoms with Gasteiger partial charge in [0.25, 0.3) is 0 Å². The van der Waals surface area contributed by atoms with Crippen molar-refractivity contribution in [3.8, 4) is 0 Å². The summed E-state index contributed by atoms with van der Waals surface area (Å²) >= 11 is 5.37. The molecule has 0 amide bonds. The minimum atomic E-state index is 0.793. The minimum absolute atomic E-state index is 0.793. The van der Waals surface area contributed by atoms with Gasteiger partial charge in [-0.3, -0.25) is 0 Å². The Hall–Kier alpha value is -1.16. The van der Waals surface area contributed by atoms with Crippen molar-refractivity contribution in [1.29, 1.82) is 0 Å². The summed E-state index contributed by atoms with van der Waals surface area (Å²) in [6.07, 6.45) is 12.5. The van der Waals surface area contributed by atoms with E-state index in [-0.39, 0.29) is 0 Å². The Morgan fingerprint density at radius 3 is 2.55 bits per heavy atom. The summed E-state index contributed by atoms with van der Waals surface area (Å²) in [6, 6.07) is 3.97. The van der Waals surface area contributed by atoms with Gasteiger partial charge >= 0.3 is 0 Å². The molecule has 2 rings (SSSR count). The number of hydrogen-bond donors (Lipinski definition) is 1. The van der Waals surface area contributed by atoms with E-state index in [1.54, 1.807) is 0 Å². The molecule has 0 atom stereocenters. The Bertz CT molecular complexity index is 570. The molecule has 0 aliphatic heterocycles. The molecule has 4 heteroatoms. The lowest BCUT2D eigenvalue weighted by Gasteiger charge is -2.04. The van der Waals surface area contributed by atoms with Crippen molar-refractivity contribution in [3.63, 3.8) is 0 Å². The van der Waals surface area contributed by atoms with E-state index < -0.39 is 0 Å². The first-order valence-corrected chi connectivity index (χ1v) is 8.27. The Balaban J connectivity index is 1.73. The van der Waals surface area contributed by atoms with Crippen LogP contribution < -0.4 is 0 Å². The maximum atomic E-state index is 5.37. The molecule has 3 nitrogen and oxygen atoms in total. The number of H-pyrrole nitrogens is 1. The SMILES string of the molecule is CCCCCCCCCCn1c(=S)[nH]c2cccnc21. The van der Waals surface area contributed by atoms with E-state index in [1.165, 1.54) is 51.4 Å². The number of aromatic nitrogens is 3. The predicted octanol–water partition coefficient (Wildman–Crippen LogP) is 5.23. The fraction of sp³-hybridized carbons (Fsp3) is 0.625. The number of nitrogens with one attached hydrogen (secondary N) is 1. The van der Waals surface area contributed by atoms with E-state index in [1.807, 2.05) is 18.3 Å². The first-order valence-electron chi connectivity index (χ1n) is 7.86. The van der Waals surface area contributed by atoms with Gasteiger partial charge in [-0.15, -0.1) is 0 Å². The summed E-state index contributed by atoms with van der Waals surface area (Å²) in [5.74, 6) is 0. The van der Waals surface area contributed by atoms with Gasteiger partial charge in [-0.25, -0.2) is 4.98 Å². The molecule has 0 unspecified atom stereocenters. The zero-order valence-corrected chi connectivity index (χ0v) is 13.2. The number of aromatic amines is 1. The maximum Gasteiger partial charge on any atom is 0.179 e. The van der Waals surface area contributed by atoms with Crippen LogP contribution in [-0.4, -0.2) is 14.5 Å². The van der Waals surface area contributed by atoms with E-state index in [0.29, 0.717) is 0 Å². The average molecular weight is 291 g/mol. The monoisotopic (exact) mass is 291 g/mol. The van der Waals surface area contributed by atoms with Crippen LogP contribution >= 0.6 is 12.2 Å². The largest absolute Gasteiger partial charge is 0.329 e. The molecule has 0 aliphatic rings. The van der Waals surface area contributed by atoms with Crippen LogP contribution in [0.1, 0.15) is 58.3 Å². The van der Waals surface area contributed by atoms with Gasteiger partial charge in [-0.05, 0) is 30.8 Å². The van der Waals surface area contributed by atoms with E-state index in [0.717, 1.165) is 22.5 Å². The number of nitrogens with zero attached hydrogens (tertiary/aromatic N) is 2. The number of fused-ring (bicyclic) bond motifs is 1. The van der Waals surface area contributed by atoms with Crippen molar-refractivity contribution in [2.75, 3.05) is 0 Å². The number of hydrogen-bond acceptors (Lipinski definition) is 2. The molecule has 20 heavy (non-hydrogen) atoms. The molecule has 2 aromatic rings. The van der Waals surface area contributed by atoms with Crippen LogP contribution in [0.3, 0.4) is 0 Å². The molecular weight excluding hydrogens is 266 g/mol. The van der Waals surface area contributed by atoms with E-state index >= 15 is 0 Å². The van der Waals surface area contributed by atoms with Crippen molar-refractivity contribution in [2.45, 2.75) is 64.8 Å². The highest BCUT2D eigenvalue weighted by molar-refractivity contribution is 7.71. The van der Waals surface area contributed by atoms with Gasteiger partial charge in [0.1, 0.15) is 0 Å². The second kappa shape index (κ2) is 8.20. The molecular formula is C16H25N3S. The molecule has 0 fully saturated rings. The van der Waals surface area contributed by atoms with Gasteiger partial charge in [-0.2, -0.15) is 0 Å². The van der Waals surface area contributed by atoms with Crippen LogP contribution in [0.15, 0.2) is 18.3 Å². The first-order chi connectivity index (χ1) is 9.83. The van der Waals surface area contributed by atoms with Crippen LogP contribution in [0.5, 0.6) is 0 Å². The Labute approximate surface area is 126 Å². The first kappa shape index (κ1) is 15.2. The number of unbranched alkanes of at least 4 members (excludes halogenated alkanes) is 7. The number of aryl methyl sites for hydroxylation is 1. The lowest BCUT2D eigenvalue weighted by molar-refractivity contribution is 0.545. The van der Waals surface area contributed by atoms with Crippen molar-refractivity contribution >= 4 is 23.4 Å². The third kappa shape index (κ3) is 4.17. The Morgan fingerprint density at radius 2 is 1.80 bits per heavy atom. The van der Waals surface area contributed by atoms with Gasteiger partial charge in [0.15, 0.2) is 10.4 Å². The molecule has 2 aromatic heterocycles. The lowest BCUT2D eigenvalue weighted by Crippen LogP contribution is -1.99. The van der Waals surface area contributed by atoms with E-state index in [2.05, 4.69) is 21.5 Å². The van der Waals surface area contributed by atoms with Crippen molar-refractivity contribution in [2.24, 2.45) is 0 Å². The van der Waals surface area contributed by atoms with Crippen molar-refractivity contribution in [3.05, 3.63) is 23.1 Å². The zero-order valence-electron chi connectivity index (χ0n) is 12.4. The molecule has 0 spiro atoms. The quantitative estimate of drug-likeness (QED) is 0.506. The van der Waals surface area contributed by atoms with Gasteiger partial charge in [0.05, 0.1) is 5.52 Å². The fourth-order valence-corrected chi connectivity index (χ4v) is 2.89. The molecule has 0 radical (unpaired) electrons.